The molecule has 21 heavy (non-hydrogen) atoms. The first-order valence-corrected chi connectivity index (χ1v) is 7.29. The quantitative estimate of drug-likeness (QED) is 0.846. The first-order valence-electron chi connectivity index (χ1n) is 6.91. The largest absolute Gasteiger partial charge is 0.497 e. The molecule has 3 nitrogen and oxygen atoms in total. The SMILES string of the molecule is CNCc1ccc(OCCc2ccc(OC)cc2)c(Cl)c1. The van der Waals surface area contributed by atoms with Crippen LogP contribution in [0.15, 0.2) is 42.5 Å². The van der Waals surface area contributed by atoms with Crippen LogP contribution < -0.4 is 14.8 Å². The standard InChI is InChI=1S/C17H20ClNO2/c1-19-12-14-5-8-17(16(18)11-14)21-10-9-13-3-6-15(20-2)7-4-13/h3-8,11,19H,9-10,12H2,1-2H3. The Morgan fingerprint density at radius 1 is 1.05 bits per heavy atom. The Morgan fingerprint density at radius 2 is 1.76 bits per heavy atom. The molecule has 0 saturated carbocycles. The summed E-state index contributed by atoms with van der Waals surface area (Å²) < 4.78 is 10.9. The maximum Gasteiger partial charge on any atom is 0.137 e. The zero-order valence-corrected chi connectivity index (χ0v) is 13.1. The number of ether oxygens (including phenoxy) is 2. The van der Waals surface area contributed by atoms with Crippen molar-refractivity contribution in [2.24, 2.45) is 0 Å². The summed E-state index contributed by atoms with van der Waals surface area (Å²) in [5, 5.41) is 3.75. The summed E-state index contributed by atoms with van der Waals surface area (Å²) in [6, 6.07) is 13.9. The van der Waals surface area contributed by atoms with Crippen molar-refractivity contribution < 1.29 is 9.47 Å². The van der Waals surface area contributed by atoms with Gasteiger partial charge in [-0.3, -0.25) is 0 Å². The summed E-state index contributed by atoms with van der Waals surface area (Å²) in [6.07, 6.45) is 0.832. The fourth-order valence-corrected chi connectivity index (χ4v) is 2.30. The van der Waals surface area contributed by atoms with Crippen molar-refractivity contribution in [2.75, 3.05) is 20.8 Å². The molecule has 0 amide bonds. The molecule has 0 radical (unpaired) electrons. The zero-order valence-electron chi connectivity index (χ0n) is 12.4. The molecular formula is C17H20ClNO2. The second-order valence-electron chi connectivity index (χ2n) is 4.74. The van der Waals surface area contributed by atoms with Crippen molar-refractivity contribution in [1.29, 1.82) is 0 Å². The summed E-state index contributed by atoms with van der Waals surface area (Å²) in [4.78, 5) is 0. The van der Waals surface area contributed by atoms with Crippen LogP contribution >= 0.6 is 11.6 Å². The number of halogens is 1. The van der Waals surface area contributed by atoms with E-state index in [9.17, 15) is 0 Å². The first kappa shape index (κ1) is 15.7. The van der Waals surface area contributed by atoms with E-state index >= 15 is 0 Å². The van der Waals surface area contributed by atoms with Gasteiger partial charge in [-0.25, -0.2) is 0 Å². The molecule has 0 unspecified atom stereocenters. The van der Waals surface area contributed by atoms with Crippen LogP contribution in [-0.2, 0) is 13.0 Å². The highest BCUT2D eigenvalue weighted by Gasteiger charge is 2.03. The third kappa shape index (κ3) is 4.66. The van der Waals surface area contributed by atoms with Gasteiger partial charge in [0, 0.05) is 13.0 Å². The number of nitrogens with one attached hydrogen (secondary N) is 1. The Morgan fingerprint density at radius 3 is 2.38 bits per heavy atom. The van der Waals surface area contributed by atoms with Gasteiger partial charge in [-0.2, -0.15) is 0 Å². The lowest BCUT2D eigenvalue weighted by molar-refractivity contribution is 0.322. The van der Waals surface area contributed by atoms with Crippen LogP contribution in [0.2, 0.25) is 5.02 Å². The Balaban J connectivity index is 1.87. The van der Waals surface area contributed by atoms with Crippen molar-refractivity contribution in [3.63, 3.8) is 0 Å². The molecule has 0 aliphatic carbocycles. The molecular weight excluding hydrogens is 286 g/mol. The van der Waals surface area contributed by atoms with E-state index in [2.05, 4.69) is 5.32 Å². The van der Waals surface area contributed by atoms with E-state index in [0.29, 0.717) is 11.6 Å². The summed E-state index contributed by atoms with van der Waals surface area (Å²) in [5.41, 5.74) is 2.35. The van der Waals surface area contributed by atoms with Crippen LogP contribution in [0.1, 0.15) is 11.1 Å². The third-order valence-corrected chi connectivity index (χ3v) is 3.48. The van der Waals surface area contributed by atoms with Crippen molar-refractivity contribution >= 4 is 11.6 Å². The smallest absolute Gasteiger partial charge is 0.137 e. The van der Waals surface area contributed by atoms with Crippen LogP contribution in [0.3, 0.4) is 0 Å². The van der Waals surface area contributed by atoms with Crippen LogP contribution in [0.4, 0.5) is 0 Å². The second kappa shape index (κ2) is 7.91. The predicted octanol–water partition coefficient (Wildman–Crippen LogP) is 3.69. The summed E-state index contributed by atoms with van der Waals surface area (Å²) in [5.74, 6) is 1.59. The van der Waals surface area contributed by atoms with Crippen LogP contribution in [0.25, 0.3) is 0 Å². The monoisotopic (exact) mass is 305 g/mol. The van der Waals surface area contributed by atoms with Crippen molar-refractivity contribution in [3.05, 3.63) is 58.6 Å². The molecule has 0 fully saturated rings. The molecule has 0 heterocycles. The van der Waals surface area contributed by atoms with Gasteiger partial charge in [-0.05, 0) is 42.4 Å². The van der Waals surface area contributed by atoms with Crippen molar-refractivity contribution in [1.82, 2.24) is 5.32 Å². The fraction of sp³-hybridized carbons (Fsp3) is 0.294. The highest BCUT2D eigenvalue weighted by Crippen LogP contribution is 2.25. The zero-order chi connectivity index (χ0) is 15.1. The van der Waals surface area contributed by atoms with Gasteiger partial charge in [0.2, 0.25) is 0 Å². The average Bonchev–Trinajstić information content (AvgIpc) is 2.50. The lowest BCUT2D eigenvalue weighted by Gasteiger charge is -2.10. The molecule has 0 aliphatic rings. The third-order valence-electron chi connectivity index (χ3n) is 3.18. The van der Waals surface area contributed by atoms with E-state index in [1.54, 1.807) is 7.11 Å². The molecule has 0 atom stereocenters. The summed E-state index contributed by atoms with van der Waals surface area (Å²) in [7, 11) is 3.57. The maximum absolute atomic E-state index is 6.22. The minimum absolute atomic E-state index is 0.595. The topological polar surface area (TPSA) is 30.5 Å². The van der Waals surface area contributed by atoms with Gasteiger partial charge in [-0.15, -0.1) is 0 Å². The van der Waals surface area contributed by atoms with Gasteiger partial charge < -0.3 is 14.8 Å². The van der Waals surface area contributed by atoms with Gasteiger partial charge in [-0.1, -0.05) is 29.8 Å². The number of hydrogen-bond acceptors (Lipinski definition) is 3. The van der Waals surface area contributed by atoms with Gasteiger partial charge in [0.15, 0.2) is 0 Å². The molecule has 112 valence electrons. The minimum atomic E-state index is 0.595. The molecule has 0 aliphatic heterocycles. The Bertz CT molecular complexity index is 570. The minimum Gasteiger partial charge on any atom is -0.497 e. The van der Waals surface area contributed by atoms with Crippen molar-refractivity contribution in [2.45, 2.75) is 13.0 Å². The van der Waals surface area contributed by atoms with E-state index in [1.807, 2.05) is 49.5 Å². The van der Waals surface area contributed by atoms with Gasteiger partial charge in [0.25, 0.3) is 0 Å². The Hall–Kier alpha value is -1.71. The number of methoxy groups -OCH3 is 1. The highest BCUT2D eigenvalue weighted by molar-refractivity contribution is 6.32. The summed E-state index contributed by atoms with van der Waals surface area (Å²) >= 11 is 6.22. The van der Waals surface area contributed by atoms with Crippen LogP contribution in [0, 0.1) is 0 Å². The van der Waals surface area contributed by atoms with E-state index in [-0.39, 0.29) is 0 Å². The van der Waals surface area contributed by atoms with Crippen LogP contribution in [-0.4, -0.2) is 20.8 Å². The van der Waals surface area contributed by atoms with Gasteiger partial charge in [0.05, 0.1) is 18.7 Å². The lowest BCUT2D eigenvalue weighted by Crippen LogP contribution is -2.05. The van der Waals surface area contributed by atoms with Crippen LogP contribution in [0.5, 0.6) is 11.5 Å². The molecule has 2 aromatic rings. The highest BCUT2D eigenvalue weighted by atomic mass is 35.5. The molecule has 0 aromatic heterocycles. The molecule has 4 heteroatoms. The number of hydrogen-bond donors (Lipinski definition) is 1. The number of rotatable bonds is 7. The summed E-state index contributed by atoms with van der Waals surface area (Å²) in [6.45, 7) is 1.39. The Kier molecular flexibility index (Phi) is 5.90. The van der Waals surface area contributed by atoms with E-state index < -0.39 is 0 Å². The lowest BCUT2D eigenvalue weighted by atomic mass is 10.1. The number of benzene rings is 2. The first-order chi connectivity index (χ1) is 10.2. The Labute approximate surface area is 130 Å². The van der Waals surface area contributed by atoms with E-state index in [1.165, 1.54) is 5.56 Å². The van der Waals surface area contributed by atoms with E-state index in [0.717, 1.165) is 30.0 Å². The molecule has 0 bridgehead atoms. The molecule has 0 saturated heterocycles. The molecule has 1 N–H and O–H groups in total. The fourth-order valence-electron chi connectivity index (χ4n) is 2.05. The molecule has 0 spiro atoms. The molecule has 2 rings (SSSR count). The van der Waals surface area contributed by atoms with Gasteiger partial charge in [0.1, 0.15) is 11.5 Å². The normalized spacial score (nSPS) is 10.4. The van der Waals surface area contributed by atoms with E-state index in [4.69, 9.17) is 21.1 Å². The van der Waals surface area contributed by atoms with Gasteiger partial charge >= 0.3 is 0 Å². The maximum atomic E-state index is 6.22. The van der Waals surface area contributed by atoms with Crippen molar-refractivity contribution in [3.8, 4) is 11.5 Å². The average molecular weight is 306 g/mol. The second-order valence-corrected chi connectivity index (χ2v) is 5.15. The predicted molar refractivity (Wildman–Crippen MR) is 86.4 cm³/mol. The molecule has 2 aromatic carbocycles.